The smallest absolute Gasteiger partial charge is 0.310 e. The fraction of sp³-hybridized carbons (Fsp3) is 0.909. The van der Waals surface area contributed by atoms with Crippen LogP contribution in [0, 0.1) is 5.41 Å². The molecule has 0 saturated carbocycles. The molecular weight excluding hydrogens is 194 g/mol. The average Bonchev–Trinajstić information content (AvgIpc) is 1.99. The lowest BCUT2D eigenvalue weighted by atomic mass is 9.74. The molecule has 0 aliphatic rings. The summed E-state index contributed by atoms with van der Waals surface area (Å²) < 4.78 is 0. The quantitative estimate of drug-likeness (QED) is 0.648. The van der Waals surface area contributed by atoms with E-state index in [-0.39, 0.29) is 0 Å². The molecule has 0 fully saturated rings. The summed E-state index contributed by atoms with van der Waals surface area (Å²) in [5, 5.41) is 21.8. The zero-order valence-electron chi connectivity index (χ0n) is 10.5. The summed E-state index contributed by atoms with van der Waals surface area (Å²) in [4.78, 5) is 11.1. The summed E-state index contributed by atoms with van der Waals surface area (Å²) in [6.45, 7) is 10.7. The minimum absolute atomic E-state index is 0.358. The van der Waals surface area contributed by atoms with Crippen LogP contribution in [-0.2, 0) is 4.79 Å². The van der Waals surface area contributed by atoms with Crippen LogP contribution in [0.5, 0.6) is 0 Å². The molecule has 0 amide bonds. The third-order valence-corrected chi connectivity index (χ3v) is 3.06. The topological polar surface area (TPSA) is 69.6 Å². The number of rotatable bonds is 5. The van der Waals surface area contributed by atoms with Crippen molar-refractivity contribution < 1.29 is 15.0 Å². The SMILES string of the molecule is CC(C)(O)CNC(C)(C)C(C)(C)C(=O)O. The van der Waals surface area contributed by atoms with E-state index in [0.717, 1.165) is 0 Å². The van der Waals surface area contributed by atoms with E-state index in [2.05, 4.69) is 5.32 Å². The molecule has 0 spiro atoms. The third kappa shape index (κ3) is 3.80. The number of carboxylic acids is 1. The average molecular weight is 217 g/mol. The highest BCUT2D eigenvalue weighted by Crippen LogP contribution is 2.30. The van der Waals surface area contributed by atoms with E-state index in [9.17, 15) is 9.90 Å². The van der Waals surface area contributed by atoms with Gasteiger partial charge in [-0.1, -0.05) is 0 Å². The highest BCUT2D eigenvalue weighted by Gasteiger charge is 2.43. The maximum atomic E-state index is 11.1. The highest BCUT2D eigenvalue weighted by atomic mass is 16.4. The molecule has 3 N–H and O–H groups in total. The number of aliphatic hydroxyl groups is 1. The summed E-state index contributed by atoms with van der Waals surface area (Å²) in [5.41, 5.74) is -2.32. The van der Waals surface area contributed by atoms with Crippen LogP contribution in [0.3, 0.4) is 0 Å². The molecule has 0 rings (SSSR count). The van der Waals surface area contributed by atoms with Crippen LogP contribution in [0.1, 0.15) is 41.5 Å². The standard InChI is InChI=1S/C11H23NO3/c1-9(2,15)7-12-11(5,6)10(3,4)8(13)14/h12,15H,7H2,1-6H3,(H,13,14). The Balaban J connectivity index is 4.62. The number of nitrogens with one attached hydrogen (secondary N) is 1. The Bertz CT molecular complexity index is 239. The molecular formula is C11H23NO3. The lowest BCUT2D eigenvalue weighted by Gasteiger charge is -2.40. The normalized spacial score (nSPS) is 14.1. The maximum Gasteiger partial charge on any atom is 0.310 e. The molecule has 0 atom stereocenters. The van der Waals surface area contributed by atoms with E-state index in [1.807, 2.05) is 13.8 Å². The molecule has 0 aromatic rings. The van der Waals surface area contributed by atoms with E-state index in [1.165, 1.54) is 0 Å². The summed E-state index contributed by atoms with van der Waals surface area (Å²) in [6, 6.07) is 0. The van der Waals surface area contributed by atoms with E-state index in [0.29, 0.717) is 6.54 Å². The van der Waals surface area contributed by atoms with Gasteiger partial charge in [0.15, 0.2) is 0 Å². The van der Waals surface area contributed by atoms with E-state index < -0.39 is 22.5 Å². The fourth-order valence-corrected chi connectivity index (χ4v) is 0.926. The molecule has 0 aromatic carbocycles. The van der Waals surface area contributed by atoms with Crippen molar-refractivity contribution in [2.75, 3.05) is 6.54 Å². The molecule has 0 bridgehead atoms. The van der Waals surface area contributed by atoms with E-state index in [1.54, 1.807) is 27.7 Å². The second kappa shape index (κ2) is 4.10. The molecule has 0 saturated heterocycles. The number of carboxylic acid groups (broad SMARTS) is 1. The van der Waals surface area contributed by atoms with Crippen molar-refractivity contribution >= 4 is 5.97 Å². The van der Waals surface area contributed by atoms with Gasteiger partial charge in [-0.05, 0) is 41.5 Å². The van der Waals surface area contributed by atoms with Crippen LogP contribution in [0.25, 0.3) is 0 Å². The number of β-amino-alcohol motifs (C(OH)–C–C–N with tert-alkyl or cyclic N) is 1. The van der Waals surface area contributed by atoms with Crippen LogP contribution in [0.2, 0.25) is 0 Å². The molecule has 4 nitrogen and oxygen atoms in total. The van der Waals surface area contributed by atoms with Gasteiger partial charge in [0.25, 0.3) is 0 Å². The predicted octanol–water partition coefficient (Wildman–Crippen LogP) is 1.24. The molecule has 90 valence electrons. The Morgan fingerprint density at radius 1 is 1.13 bits per heavy atom. The van der Waals surface area contributed by atoms with Gasteiger partial charge in [-0.25, -0.2) is 0 Å². The van der Waals surface area contributed by atoms with Crippen LogP contribution in [-0.4, -0.2) is 33.9 Å². The molecule has 15 heavy (non-hydrogen) atoms. The van der Waals surface area contributed by atoms with Gasteiger partial charge in [0, 0.05) is 12.1 Å². The number of aliphatic carboxylic acids is 1. The zero-order valence-corrected chi connectivity index (χ0v) is 10.5. The van der Waals surface area contributed by atoms with Gasteiger partial charge in [0.1, 0.15) is 0 Å². The van der Waals surface area contributed by atoms with Crippen molar-refractivity contribution in [1.82, 2.24) is 5.32 Å². The van der Waals surface area contributed by atoms with Crippen molar-refractivity contribution in [2.45, 2.75) is 52.7 Å². The fourth-order valence-electron chi connectivity index (χ4n) is 0.926. The van der Waals surface area contributed by atoms with Crippen LogP contribution >= 0.6 is 0 Å². The minimum atomic E-state index is -0.891. The molecule has 0 aliphatic carbocycles. The first-order chi connectivity index (χ1) is 6.40. The van der Waals surface area contributed by atoms with Gasteiger partial charge < -0.3 is 15.5 Å². The van der Waals surface area contributed by atoms with Crippen molar-refractivity contribution in [3.63, 3.8) is 0 Å². The lowest BCUT2D eigenvalue weighted by Crippen LogP contribution is -2.57. The van der Waals surface area contributed by atoms with Gasteiger partial charge in [0.2, 0.25) is 0 Å². The Labute approximate surface area is 91.7 Å². The minimum Gasteiger partial charge on any atom is -0.481 e. The first-order valence-corrected chi connectivity index (χ1v) is 5.11. The summed E-state index contributed by atoms with van der Waals surface area (Å²) in [7, 11) is 0. The maximum absolute atomic E-state index is 11.1. The lowest BCUT2D eigenvalue weighted by molar-refractivity contribution is -0.151. The number of carbonyl (C=O) groups is 1. The van der Waals surface area contributed by atoms with Crippen LogP contribution < -0.4 is 5.32 Å². The molecule has 0 aromatic heterocycles. The second-order valence-electron chi connectivity index (χ2n) is 5.72. The molecule has 0 radical (unpaired) electrons. The highest BCUT2D eigenvalue weighted by molar-refractivity contribution is 5.75. The van der Waals surface area contributed by atoms with Crippen LogP contribution in [0.4, 0.5) is 0 Å². The molecule has 0 unspecified atom stereocenters. The third-order valence-electron chi connectivity index (χ3n) is 3.06. The van der Waals surface area contributed by atoms with Gasteiger partial charge in [-0.2, -0.15) is 0 Å². The van der Waals surface area contributed by atoms with E-state index in [4.69, 9.17) is 5.11 Å². The zero-order chi connectivity index (χ0) is 12.5. The van der Waals surface area contributed by atoms with Gasteiger partial charge in [0.05, 0.1) is 11.0 Å². The second-order valence-corrected chi connectivity index (χ2v) is 5.72. The summed E-state index contributed by atoms with van der Waals surface area (Å²) in [6.07, 6.45) is 0. The Morgan fingerprint density at radius 2 is 1.53 bits per heavy atom. The molecule has 0 aliphatic heterocycles. The Kier molecular flexibility index (Phi) is 3.93. The molecule has 4 heteroatoms. The largest absolute Gasteiger partial charge is 0.481 e. The molecule has 0 heterocycles. The number of hydrogen-bond acceptors (Lipinski definition) is 3. The van der Waals surface area contributed by atoms with Crippen molar-refractivity contribution in [3.8, 4) is 0 Å². The van der Waals surface area contributed by atoms with Crippen molar-refractivity contribution in [2.24, 2.45) is 5.41 Å². The van der Waals surface area contributed by atoms with Gasteiger partial charge in [-0.3, -0.25) is 4.79 Å². The summed E-state index contributed by atoms with van der Waals surface area (Å²) in [5.74, 6) is -0.851. The number of hydrogen-bond donors (Lipinski definition) is 3. The predicted molar refractivity (Wildman–Crippen MR) is 59.8 cm³/mol. The Hall–Kier alpha value is -0.610. The van der Waals surface area contributed by atoms with Gasteiger partial charge in [-0.15, -0.1) is 0 Å². The first kappa shape index (κ1) is 14.4. The monoisotopic (exact) mass is 217 g/mol. The summed E-state index contributed by atoms with van der Waals surface area (Å²) >= 11 is 0. The van der Waals surface area contributed by atoms with Crippen LogP contribution in [0.15, 0.2) is 0 Å². The van der Waals surface area contributed by atoms with Gasteiger partial charge >= 0.3 is 5.97 Å². The van der Waals surface area contributed by atoms with Crippen molar-refractivity contribution in [1.29, 1.82) is 0 Å². The van der Waals surface area contributed by atoms with E-state index >= 15 is 0 Å². The first-order valence-electron chi connectivity index (χ1n) is 5.11. The van der Waals surface area contributed by atoms with Crippen molar-refractivity contribution in [3.05, 3.63) is 0 Å². The Morgan fingerprint density at radius 3 is 1.80 bits per heavy atom.